The summed E-state index contributed by atoms with van der Waals surface area (Å²) < 4.78 is 6.04. The predicted molar refractivity (Wildman–Crippen MR) is 143 cm³/mol. The maximum atomic E-state index is 10.5. The molecule has 2 rings (SSSR count). The van der Waals surface area contributed by atoms with Crippen LogP contribution in [0.15, 0.2) is 65.4 Å². The minimum Gasteiger partial charge on any atom is -0.493 e. The maximum absolute atomic E-state index is 10.5. The lowest BCUT2D eigenvalue weighted by Gasteiger charge is -2.19. The molecular weight excluding hydrogens is 426 g/mol. The second-order valence-corrected chi connectivity index (χ2v) is 10.7. The van der Waals surface area contributed by atoms with Gasteiger partial charge in [-0.1, -0.05) is 76.1 Å². The standard InChI is InChI=1S/C29H41NO2S/c1-6-9-24(10-7-2)25-11-13-26(14-12-25)32-20-18-23(8-3)17-19-29(4,5)21-27-15-16-28(33-27)22-30-31/h8,11-17,19,24H,6-7,9-10,18,20-22H2,1-5H3/b19-17-,23-8+. The van der Waals surface area contributed by atoms with Gasteiger partial charge in [0.15, 0.2) is 0 Å². The van der Waals surface area contributed by atoms with E-state index < -0.39 is 0 Å². The van der Waals surface area contributed by atoms with Gasteiger partial charge in [-0.05, 0) is 72.9 Å². The lowest BCUT2D eigenvalue weighted by atomic mass is 9.87. The van der Waals surface area contributed by atoms with Gasteiger partial charge in [-0.25, -0.2) is 0 Å². The van der Waals surface area contributed by atoms with Gasteiger partial charge in [0.1, 0.15) is 12.3 Å². The Morgan fingerprint density at radius 1 is 1.06 bits per heavy atom. The molecule has 1 aromatic carbocycles. The largest absolute Gasteiger partial charge is 0.493 e. The van der Waals surface area contributed by atoms with Crippen molar-refractivity contribution in [2.45, 2.75) is 85.6 Å². The quantitative estimate of drug-likeness (QED) is 0.193. The second kappa shape index (κ2) is 14.1. The molecule has 0 radical (unpaired) electrons. The molecule has 0 saturated carbocycles. The lowest BCUT2D eigenvalue weighted by molar-refractivity contribution is 0.322. The number of allylic oxidation sites excluding steroid dienone is 3. The number of thiophene rings is 1. The highest BCUT2D eigenvalue weighted by molar-refractivity contribution is 7.12. The third-order valence-electron chi connectivity index (χ3n) is 5.97. The number of nitroso groups, excluding NO2 is 1. The minimum absolute atomic E-state index is 0.0369. The van der Waals surface area contributed by atoms with E-state index in [9.17, 15) is 4.91 Å². The van der Waals surface area contributed by atoms with E-state index in [-0.39, 0.29) is 12.0 Å². The Balaban J connectivity index is 1.85. The molecular formula is C29H41NO2S. The highest BCUT2D eigenvalue weighted by Crippen LogP contribution is 2.30. The van der Waals surface area contributed by atoms with Gasteiger partial charge in [-0.2, -0.15) is 4.91 Å². The second-order valence-electron chi connectivity index (χ2n) is 9.46. The van der Waals surface area contributed by atoms with Crippen molar-refractivity contribution in [3.05, 3.63) is 80.4 Å². The molecule has 0 saturated heterocycles. The monoisotopic (exact) mass is 467 g/mol. The first-order valence-electron chi connectivity index (χ1n) is 12.3. The normalized spacial score (nSPS) is 12.6. The molecule has 0 amide bonds. The van der Waals surface area contributed by atoms with E-state index in [1.165, 1.54) is 41.7 Å². The molecule has 33 heavy (non-hydrogen) atoms. The van der Waals surface area contributed by atoms with Gasteiger partial charge in [0.2, 0.25) is 0 Å². The Kier molecular flexibility index (Phi) is 11.6. The molecule has 0 unspecified atom stereocenters. The van der Waals surface area contributed by atoms with Gasteiger partial charge >= 0.3 is 0 Å². The summed E-state index contributed by atoms with van der Waals surface area (Å²) in [6, 6.07) is 12.9. The van der Waals surface area contributed by atoms with Gasteiger partial charge in [0.25, 0.3) is 0 Å². The maximum Gasteiger partial charge on any atom is 0.119 e. The Hall–Kier alpha value is -2.20. The summed E-state index contributed by atoms with van der Waals surface area (Å²) in [4.78, 5) is 12.8. The fraction of sp³-hybridized carbons (Fsp3) is 0.517. The minimum atomic E-state index is 0.0369. The van der Waals surface area contributed by atoms with E-state index in [1.807, 2.05) is 6.07 Å². The first-order chi connectivity index (χ1) is 15.9. The Morgan fingerprint density at radius 2 is 1.73 bits per heavy atom. The average Bonchev–Trinajstić information content (AvgIpc) is 3.22. The summed E-state index contributed by atoms with van der Waals surface area (Å²) >= 11 is 1.68. The number of nitrogens with zero attached hydrogens (tertiary/aromatic N) is 1. The zero-order chi connectivity index (χ0) is 24.1. The molecule has 0 N–H and O–H groups in total. The summed E-state index contributed by atoms with van der Waals surface area (Å²) in [5.41, 5.74) is 2.75. The van der Waals surface area contributed by atoms with E-state index in [0.717, 1.165) is 23.5 Å². The zero-order valence-electron chi connectivity index (χ0n) is 21.1. The fourth-order valence-corrected chi connectivity index (χ4v) is 5.30. The molecule has 4 heteroatoms. The van der Waals surface area contributed by atoms with Crippen LogP contribution in [0.4, 0.5) is 0 Å². The van der Waals surface area contributed by atoms with Crippen LogP contribution in [-0.4, -0.2) is 6.61 Å². The molecule has 0 atom stereocenters. The average molecular weight is 468 g/mol. The van der Waals surface area contributed by atoms with Crippen molar-refractivity contribution in [1.29, 1.82) is 0 Å². The van der Waals surface area contributed by atoms with Gasteiger partial charge in [-0.3, -0.25) is 0 Å². The Bertz CT molecular complexity index is 887. The van der Waals surface area contributed by atoms with Crippen molar-refractivity contribution in [2.75, 3.05) is 6.61 Å². The van der Waals surface area contributed by atoms with Crippen LogP contribution >= 0.6 is 11.3 Å². The highest BCUT2D eigenvalue weighted by atomic mass is 32.1. The van der Waals surface area contributed by atoms with E-state index in [2.05, 4.69) is 88.4 Å². The molecule has 1 aromatic heterocycles. The smallest absolute Gasteiger partial charge is 0.119 e. The molecule has 0 aliphatic rings. The van der Waals surface area contributed by atoms with Crippen LogP contribution < -0.4 is 4.74 Å². The van der Waals surface area contributed by atoms with Gasteiger partial charge in [0, 0.05) is 16.2 Å². The van der Waals surface area contributed by atoms with Gasteiger partial charge < -0.3 is 4.74 Å². The third kappa shape index (κ3) is 9.67. The van der Waals surface area contributed by atoms with E-state index in [4.69, 9.17) is 4.74 Å². The van der Waals surface area contributed by atoms with Crippen LogP contribution in [0, 0.1) is 10.3 Å². The topological polar surface area (TPSA) is 38.7 Å². The predicted octanol–water partition coefficient (Wildman–Crippen LogP) is 9.24. The van der Waals surface area contributed by atoms with Crippen LogP contribution in [0.3, 0.4) is 0 Å². The Labute approximate surface area is 204 Å². The van der Waals surface area contributed by atoms with Crippen LogP contribution in [0.1, 0.15) is 88.0 Å². The molecule has 3 nitrogen and oxygen atoms in total. The Morgan fingerprint density at radius 3 is 2.33 bits per heavy atom. The van der Waals surface area contributed by atoms with Crippen molar-refractivity contribution < 1.29 is 4.74 Å². The first-order valence-corrected chi connectivity index (χ1v) is 13.2. The molecule has 0 aliphatic heterocycles. The van der Waals surface area contributed by atoms with Gasteiger partial charge in [-0.15, -0.1) is 11.3 Å². The number of benzene rings is 1. The third-order valence-corrected chi connectivity index (χ3v) is 7.04. The molecule has 0 bridgehead atoms. The van der Waals surface area contributed by atoms with Crippen molar-refractivity contribution in [1.82, 2.24) is 0 Å². The summed E-state index contributed by atoms with van der Waals surface area (Å²) in [7, 11) is 0. The summed E-state index contributed by atoms with van der Waals surface area (Å²) in [5.74, 6) is 1.61. The molecule has 0 aliphatic carbocycles. The van der Waals surface area contributed by atoms with Crippen molar-refractivity contribution in [3.63, 3.8) is 0 Å². The van der Waals surface area contributed by atoms with E-state index in [0.29, 0.717) is 12.5 Å². The van der Waals surface area contributed by atoms with Crippen molar-refractivity contribution >= 4 is 11.3 Å². The highest BCUT2D eigenvalue weighted by Gasteiger charge is 2.16. The van der Waals surface area contributed by atoms with E-state index >= 15 is 0 Å². The number of rotatable bonds is 15. The number of ether oxygens (including phenoxy) is 1. The molecule has 0 fully saturated rings. The van der Waals surface area contributed by atoms with E-state index in [1.54, 1.807) is 11.3 Å². The summed E-state index contributed by atoms with van der Waals surface area (Å²) in [6.07, 6.45) is 13.5. The number of hydrogen-bond acceptors (Lipinski definition) is 4. The zero-order valence-corrected chi connectivity index (χ0v) is 21.9. The SMILES string of the molecule is C/C=C(\C=C/C(C)(C)Cc1ccc(CN=O)s1)CCOc1ccc(C(CCC)CCC)cc1. The molecule has 0 spiro atoms. The van der Waals surface area contributed by atoms with Crippen LogP contribution in [0.5, 0.6) is 5.75 Å². The van der Waals surface area contributed by atoms with Crippen LogP contribution in [-0.2, 0) is 13.0 Å². The molecule has 180 valence electrons. The van der Waals surface area contributed by atoms with Crippen molar-refractivity contribution in [2.24, 2.45) is 10.6 Å². The number of hydrogen-bond donors (Lipinski definition) is 0. The van der Waals surface area contributed by atoms with Gasteiger partial charge in [0.05, 0.1) is 6.61 Å². The van der Waals surface area contributed by atoms with Crippen LogP contribution in [0.2, 0.25) is 0 Å². The lowest BCUT2D eigenvalue weighted by Crippen LogP contribution is -2.10. The molecule has 1 heterocycles. The summed E-state index contributed by atoms with van der Waals surface area (Å²) in [5, 5.41) is 2.99. The van der Waals surface area contributed by atoms with Crippen LogP contribution in [0.25, 0.3) is 0 Å². The summed E-state index contributed by atoms with van der Waals surface area (Å²) in [6.45, 7) is 12.0. The molecule has 2 aromatic rings. The first kappa shape index (κ1) is 27.0. The van der Waals surface area contributed by atoms with Crippen molar-refractivity contribution in [3.8, 4) is 5.75 Å². The fourth-order valence-electron chi connectivity index (χ4n) is 4.13.